The number of hydrogen-bond donors (Lipinski definition) is 0. The van der Waals surface area contributed by atoms with E-state index in [9.17, 15) is 9.59 Å². The van der Waals surface area contributed by atoms with Crippen LogP contribution in [0.5, 0.6) is 5.75 Å². The van der Waals surface area contributed by atoms with Gasteiger partial charge in [0.05, 0.1) is 6.54 Å². The largest absolute Gasteiger partial charge is 0.484 e. The van der Waals surface area contributed by atoms with E-state index in [1.165, 1.54) is 12.5 Å². The summed E-state index contributed by atoms with van der Waals surface area (Å²) in [6.45, 7) is 2.71. The van der Waals surface area contributed by atoms with Crippen LogP contribution in [-0.2, 0) is 17.8 Å². The average molecular weight is 394 g/mol. The van der Waals surface area contributed by atoms with E-state index in [0.717, 1.165) is 11.3 Å². The molecule has 5 heteroatoms. The third-order valence-electron chi connectivity index (χ3n) is 4.42. The SMILES string of the molecule is CC(=O)c1ccc(OCC(=O)N(CCc2ccccc2)Cc2cccs2)cc1. The smallest absolute Gasteiger partial charge is 0.260 e. The normalized spacial score (nSPS) is 10.5. The van der Waals surface area contributed by atoms with Crippen LogP contribution in [0.4, 0.5) is 0 Å². The number of carbonyl (C=O) groups is 2. The monoisotopic (exact) mass is 393 g/mol. The lowest BCUT2D eigenvalue weighted by atomic mass is 10.1. The van der Waals surface area contributed by atoms with E-state index in [1.807, 2.05) is 40.6 Å². The number of amides is 1. The molecule has 0 aliphatic heterocycles. The molecule has 4 nitrogen and oxygen atoms in total. The van der Waals surface area contributed by atoms with Crippen LogP contribution in [0.2, 0.25) is 0 Å². The van der Waals surface area contributed by atoms with E-state index in [2.05, 4.69) is 12.1 Å². The first-order chi connectivity index (χ1) is 13.6. The van der Waals surface area contributed by atoms with Crippen LogP contribution >= 0.6 is 11.3 Å². The van der Waals surface area contributed by atoms with Crippen molar-refractivity contribution in [3.8, 4) is 5.75 Å². The number of hydrogen-bond acceptors (Lipinski definition) is 4. The summed E-state index contributed by atoms with van der Waals surface area (Å²) in [5.74, 6) is 0.531. The number of Topliss-reactive ketones (excluding diaryl/α,β-unsaturated/α-hetero) is 1. The van der Waals surface area contributed by atoms with Crippen LogP contribution in [0.15, 0.2) is 72.1 Å². The molecule has 0 atom stereocenters. The highest BCUT2D eigenvalue weighted by Crippen LogP contribution is 2.15. The van der Waals surface area contributed by atoms with Gasteiger partial charge in [0, 0.05) is 17.0 Å². The number of rotatable bonds is 9. The molecule has 2 aromatic carbocycles. The number of thiophene rings is 1. The van der Waals surface area contributed by atoms with Crippen LogP contribution in [0.3, 0.4) is 0 Å². The van der Waals surface area contributed by atoms with E-state index in [4.69, 9.17) is 4.74 Å². The Kier molecular flexibility index (Phi) is 6.98. The van der Waals surface area contributed by atoms with E-state index >= 15 is 0 Å². The Morgan fingerprint density at radius 2 is 1.71 bits per heavy atom. The minimum absolute atomic E-state index is 0.00524. The van der Waals surface area contributed by atoms with Crippen molar-refractivity contribution < 1.29 is 14.3 Å². The van der Waals surface area contributed by atoms with Crippen molar-refractivity contribution >= 4 is 23.0 Å². The van der Waals surface area contributed by atoms with Gasteiger partial charge in [-0.3, -0.25) is 9.59 Å². The first kappa shape index (κ1) is 19.8. The molecule has 0 bridgehead atoms. The molecule has 0 radical (unpaired) electrons. The zero-order valence-electron chi connectivity index (χ0n) is 15.8. The Morgan fingerprint density at radius 1 is 0.964 bits per heavy atom. The summed E-state index contributed by atoms with van der Waals surface area (Å²) in [5.41, 5.74) is 1.83. The molecule has 144 valence electrons. The highest BCUT2D eigenvalue weighted by Gasteiger charge is 2.15. The van der Waals surface area contributed by atoms with Gasteiger partial charge < -0.3 is 9.64 Å². The Labute approximate surface area is 169 Å². The molecule has 0 aliphatic rings. The highest BCUT2D eigenvalue weighted by molar-refractivity contribution is 7.09. The third-order valence-corrected chi connectivity index (χ3v) is 5.28. The van der Waals surface area contributed by atoms with Crippen LogP contribution < -0.4 is 4.74 Å². The maximum Gasteiger partial charge on any atom is 0.260 e. The van der Waals surface area contributed by atoms with Gasteiger partial charge in [-0.05, 0) is 54.6 Å². The van der Waals surface area contributed by atoms with Gasteiger partial charge in [0.25, 0.3) is 5.91 Å². The molecule has 0 N–H and O–H groups in total. The molecular formula is C23H23NO3S. The van der Waals surface area contributed by atoms with Gasteiger partial charge >= 0.3 is 0 Å². The van der Waals surface area contributed by atoms with Crippen molar-refractivity contribution in [3.63, 3.8) is 0 Å². The summed E-state index contributed by atoms with van der Waals surface area (Å²) in [7, 11) is 0. The molecule has 0 saturated carbocycles. The number of ketones is 1. The summed E-state index contributed by atoms with van der Waals surface area (Å²) in [5, 5.41) is 2.02. The second-order valence-electron chi connectivity index (χ2n) is 6.50. The highest BCUT2D eigenvalue weighted by atomic mass is 32.1. The first-order valence-corrected chi connectivity index (χ1v) is 10.1. The quantitative estimate of drug-likeness (QED) is 0.499. The third kappa shape index (κ3) is 5.79. The molecule has 0 saturated heterocycles. The van der Waals surface area contributed by atoms with Crippen LogP contribution in [-0.4, -0.2) is 29.7 Å². The molecule has 3 aromatic rings. The second kappa shape index (κ2) is 9.85. The summed E-state index contributed by atoms with van der Waals surface area (Å²) in [6.07, 6.45) is 0.797. The molecule has 0 aliphatic carbocycles. The number of benzene rings is 2. The van der Waals surface area contributed by atoms with Gasteiger partial charge in [0.2, 0.25) is 0 Å². The lowest BCUT2D eigenvalue weighted by Gasteiger charge is -2.22. The number of nitrogens with zero attached hydrogens (tertiary/aromatic N) is 1. The van der Waals surface area contributed by atoms with Gasteiger partial charge in [-0.1, -0.05) is 36.4 Å². The minimum Gasteiger partial charge on any atom is -0.484 e. The van der Waals surface area contributed by atoms with E-state index in [-0.39, 0.29) is 18.3 Å². The average Bonchev–Trinajstić information content (AvgIpc) is 3.23. The van der Waals surface area contributed by atoms with Crippen molar-refractivity contribution in [2.75, 3.05) is 13.2 Å². The molecule has 1 heterocycles. The standard InChI is InChI=1S/C23H23NO3S/c1-18(25)20-9-11-21(12-10-20)27-17-23(26)24(16-22-8-5-15-28-22)14-13-19-6-3-2-4-7-19/h2-12,15H,13-14,16-17H2,1H3. The zero-order valence-corrected chi connectivity index (χ0v) is 16.7. The predicted molar refractivity (Wildman–Crippen MR) is 112 cm³/mol. The topological polar surface area (TPSA) is 46.6 Å². The van der Waals surface area contributed by atoms with Crippen molar-refractivity contribution in [1.29, 1.82) is 0 Å². The lowest BCUT2D eigenvalue weighted by Crippen LogP contribution is -2.35. The fourth-order valence-electron chi connectivity index (χ4n) is 2.81. The maximum absolute atomic E-state index is 12.8. The van der Waals surface area contributed by atoms with Gasteiger partial charge in [0.15, 0.2) is 12.4 Å². The Bertz CT molecular complexity index is 889. The molecule has 1 amide bonds. The lowest BCUT2D eigenvalue weighted by molar-refractivity contribution is -0.133. The molecular weight excluding hydrogens is 370 g/mol. The van der Waals surface area contributed by atoms with Crippen molar-refractivity contribution in [2.24, 2.45) is 0 Å². The molecule has 3 rings (SSSR count). The molecule has 0 fully saturated rings. The fourth-order valence-corrected chi connectivity index (χ4v) is 3.53. The summed E-state index contributed by atoms with van der Waals surface area (Å²) < 4.78 is 5.66. The Hall–Kier alpha value is -2.92. The molecule has 1 aromatic heterocycles. The van der Waals surface area contributed by atoms with Crippen molar-refractivity contribution in [2.45, 2.75) is 19.9 Å². The van der Waals surface area contributed by atoms with E-state index in [1.54, 1.807) is 35.6 Å². The fraction of sp³-hybridized carbons (Fsp3) is 0.217. The second-order valence-corrected chi connectivity index (χ2v) is 7.53. The van der Waals surface area contributed by atoms with Gasteiger partial charge in [-0.15, -0.1) is 11.3 Å². The van der Waals surface area contributed by atoms with Gasteiger partial charge in [-0.25, -0.2) is 0 Å². The molecule has 28 heavy (non-hydrogen) atoms. The van der Waals surface area contributed by atoms with Crippen molar-refractivity contribution in [1.82, 2.24) is 4.90 Å². The summed E-state index contributed by atoms with van der Waals surface area (Å²) in [6, 6.07) is 21.0. The van der Waals surface area contributed by atoms with E-state index < -0.39 is 0 Å². The maximum atomic E-state index is 12.8. The van der Waals surface area contributed by atoms with Crippen molar-refractivity contribution in [3.05, 3.63) is 88.1 Å². The van der Waals surface area contributed by atoms with Gasteiger partial charge in [-0.2, -0.15) is 0 Å². The number of ether oxygens (including phenoxy) is 1. The molecule has 0 spiro atoms. The first-order valence-electron chi connectivity index (χ1n) is 9.19. The van der Waals surface area contributed by atoms with Crippen LogP contribution in [0.25, 0.3) is 0 Å². The Morgan fingerprint density at radius 3 is 2.36 bits per heavy atom. The summed E-state index contributed by atoms with van der Waals surface area (Å²) in [4.78, 5) is 27.1. The minimum atomic E-state index is -0.0556. The van der Waals surface area contributed by atoms with Crippen LogP contribution in [0, 0.1) is 0 Å². The number of carbonyl (C=O) groups excluding carboxylic acids is 2. The Balaban J connectivity index is 1.61. The molecule has 0 unspecified atom stereocenters. The zero-order chi connectivity index (χ0) is 19.8. The predicted octanol–water partition coefficient (Wildman–Crippen LogP) is 4.60. The van der Waals surface area contributed by atoms with Crippen LogP contribution in [0.1, 0.15) is 27.7 Å². The van der Waals surface area contributed by atoms with E-state index in [0.29, 0.717) is 24.4 Å². The van der Waals surface area contributed by atoms with Gasteiger partial charge in [0.1, 0.15) is 5.75 Å². The summed E-state index contributed by atoms with van der Waals surface area (Å²) >= 11 is 1.64.